The zero-order valence-corrected chi connectivity index (χ0v) is 10.2. The van der Waals surface area contributed by atoms with Crippen molar-refractivity contribution in [2.24, 2.45) is 0 Å². The summed E-state index contributed by atoms with van der Waals surface area (Å²) in [4.78, 5) is 14.8. The first-order chi connectivity index (χ1) is 9.04. The molecule has 0 saturated heterocycles. The van der Waals surface area contributed by atoms with Gasteiger partial charge in [-0.1, -0.05) is 6.92 Å². The predicted octanol–water partition coefficient (Wildman–Crippen LogP) is 2.80. The number of imidazole rings is 1. The first kappa shape index (κ1) is 13.2. The van der Waals surface area contributed by atoms with Crippen molar-refractivity contribution in [1.82, 2.24) is 9.55 Å². The third-order valence-electron chi connectivity index (χ3n) is 2.70. The molecule has 2 rings (SSSR count). The molecule has 0 fully saturated rings. The maximum Gasteiger partial charge on any atom is 0.335 e. The van der Waals surface area contributed by atoms with Crippen LogP contribution in [0.3, 0.4) is 0 Å². The molecule has 0 saturated carbocycles. The average Bonchev–Trinajstić information content (AvgIpc) is 2.77. The number of aromatic carboxylic acids is 1. The number of hydrogen-bond acceptors (Lipinski definition) is 2. The number of benzene rings is 1. The van der Waals surface area contributed by atoms with Crippen molar-refractivity contribution in [3.63, 3.8) is 0 Å². The molecule has 0 aliphatic heterocycles. The largest absolute Gasteiger partial charge is 0.478 e. The lowest BCUT2D eigenvalue weighted by molar-refractivity contribution is 0.0695. The third kappa shape index (κ3) is 2.47. The molecule has 0 aliphatic carbocycles. The Labute approximate surface area is 108 Å². The quantitative estimate of drug-likeness (QED) is 0.925. The summed E-state index contributed by atoms with van der Waals surface area (Å²) in [5.41, 5.74) is -0.721. The summed E-state index contributed by atoms with van der Waals surface area (Å²) in [7, 11) is 0. The Hall–Kier alpha value is -2.24. The van der Waals surface area contributed by atoms with E-state index in [0.717, 1.165) is 18.6 Å². The van der Waals surface area contributed by atoms with Crippen molar-refractivity contribution in [1.29, 1.82) is 0 Å². The lowest BCUT2D eigenvalue weighted by Gasteiger charge is -2.10. The second kappa shape index (κ2) is 5.17. The van der Waals surface area contributed by atoms with Crippen LogP contribution < -0.4 is 0 Å². The number of aryl methyl sites for hydroxylation is 1. The van der Waals surface area contributed by atoms with E-state index in [9.17, 15) is 13.6 Å². The van der Waals surface area contributed by atoms with Gasteiger partial charge in [0.1, 0.15) is 11.5 Å². The van der Waals surface area contributed by atoms with Gasteiger partial charge >= 0.3 is 5.97 Å². The number of nitrogens with zero attached hydrogens (tertiary/aromatic N) is 2. The number of carboxylic acids is 1. The highest BCUT2D eigenvalue weighted by atomic mass is 19.1. The van der Waals surface area contributed by atoms with E-state index in [1.165, 1.54) is 17.0 Å². The minimum atomic E-state index is -1.37. The molecule has 0 radical (unpaired) electrons. The van der Waals surface area contributed by atoms with E-state index in [1.54, 1.807) is 0 Å². The second-order valence-electron chi connectivity index (χ2n) is 4.06. The molecule has 1 heterocycles. The van der Waals surface area contributed by atoms with Crippen LogP contribution in [0.4, 0.5) is 8.78 Å². The van der Waals surface area contributed by atoms with Crippen molar-refractivity contribution >= 4 is 5.97 Å². The molecule has 0 bridgehead atoms. The Morgan fingerprint density at radius 3 is 2.53 bits per heavy atom. The molecule has 4 nitrogen and oxygen atoms in total. The molecular weight excluding hydrogens is 254 g/mol. The van der Waals surface area contributed by atoms with Crippen LogP contribution in [0.25, 0.3) is 5.69 Å². The molecular formula is C13H12F2N2O2. The molecule has 0 spiro atoms. The number of halogens is 2. The van der Waals surface area contributed by atoms with E-state index in [1.807, 2.05) is 6.92 Å². The first-order valence-electron chi connectivity index (χ1n) is 5.79. The molecule has 0 unspecified atom stereocenters. The standard InChI is InChI=1S/C13H12F2N2O2/c1-2-3-11-16-4-5-17(11)12-9(14)6-8(13(18)19)7-10(12)15/h4-7H,2-3H2,1H3,(H,18,19). The van der Waals surface area contributed by atoms with Gasteiger partial charge in [0.15, 0.2) is 11.6 Å². The van der Waals surface area contributed by atoms with E-state index < -0.39 is 23.2 Å². The third-order valence-corrected chi connectivity index (χ3v) is 2.70. The van der Waals surface area contributed by atoms with Crippen LogP contribution in [0.1, 0.15) is 29.5 Å². The number of carboxylic acid groups (broad SMARTS) is 1. The van der Waals surface area contributed by atoms with Gasteiger partial charge in [0.2, 0.25) is 0 Å². The highest BCUT2D eigenvalue weighted by Crippen LogP contribution is 2.21. The van der Waals surface area contributed by atoms with Crippen molar-refractivity contribution < 1.29 is 18.7 Å². The summed E-state index contributed by atoms with van der Waals surface area (Å²) >= 11 is 0. The van der Waals surface area contributed by atoms with Gasteiger partial charge in [-0.25, -0.2) is 18.6 Å². The predicted molar refractivity (Wildman–Crippen MR) is 64.4 cm³/mol. The average molecular weight is 266 g/mol. The van der Waals surface area contributed by atoms with E-state index in [2.05, 4.69) is 4.98 Å². The highest BCUT2D eigenvalue weighted by molar-refractivity contribution is 5.87. The Morgan fingerprint density at radius 1 is 1.37 bits per heavy atom. The molecule has 2 aromatic rings. The lowest BCUT2D eigenvalue weighted by atomic mass is 10.2. The fourth-order valence-corrected chi connectivity index (χ4v) is 1.87. The summed E-state index contributed by atoms with van der Waals surface area (Å²) in [6.45, 7) is 1.93. The van der Waals surface area contributed by atoms with Crippen LogP contribution in [0.2, 0.25) is 0 Å². The Bertz CT molecular complexity index is 600. The molecule has 1 aromatic heterocycles. The molecule has 100 valence electrons. The molecule has 19 heavy (non-hydrogen) atoms. The van der Waals surface area contributed by atoms with Gasteiger partial charge in [0.05, 0.1) is 5.56 Å². The first-order valence-corrected chi connectivity index (χ1v) is 5.79. The highest BCUT2D eigenvalue weighted by Gasteiger charge is 2.17. The van der Waals surface area contributed by atoms with Crippen LogP contribution in [0.5, 0.6) is 0 Å². The van der Waals surface area contributed by atoms with Crippen molar-refractivity contribution in [3.8, 4) is 5.69 Å². The Balaban J connectivity index is 2.56. The monoisotopic (exact) mass is 266 g/mol. The van der Waals surface area contributed by atoms with Gasteiger partial charge < -0.3 is 5.11 Å². The summed E-state index contributed by atoms with van der Waals surface area (Å²) in [5.74, 6) is -2.69. The maximum absolute atomic E-state index is 13.9. The number of carbonyl (C=O) groups is 1. The van der Waals surface area contributed by atoms with Gasteiger partial charge in [-0.2, -0.15) is 0 Å². The van der Waals surface area contributed by atoms with Crippen LogP contribution in [0, 0.1) is 11.6 Å². The summed E-state index contributed by atoms with van der Waals surface area (Å²) < 4.78 is 29.1. The van der Waals surface area contributed by atoms with E-state index in [4.69, 9.17) is 5.11 Å². The van der Waals surface area contributed by atoms with Crippen LogP contribution in [-0.4, -0.2) is 20.6 Å². The molecule has 1 N–H and O–H groups in total. The lowest BCUT2D eigenvalue weighted by Crippen LogP contribution is -2.08. The van der Waals surface area contributed by atoms with Gasteiger partial charge in [0.25, 0.3) is 0 Å². The van der Waals surface area contributed by atoms with Gasteiger partial charge in [0, 0.05) is 18.8 Å². The molecule has 6 heteroatoms. The Kier molecular flexibility index (Phi) is 3.59. The summed E-state index contributed by atoms with van der Waals surface area (Å²) in [6, 6.07) is 1.60. The zero-order valence-electron chi connectivity index (χ0n) is 10.2. The fourth-order valence-electron chi connectivity index (χ4n) is 1.87. The number of rotatable bonds is 4. The van der Waals surface area contributed by atoms with Crippen LogP contribution in [0.15, 0.2) is 24.5 Å². The smallest absolute Gasteiger partial charge is 0.335 e. The van der Waals surface area contributed by atoms with Gasteiger partial charge in [-0.3, -0.25) is 4.57 Å². The number of aromatic nitrogens is 2. The fraction of sp³-hybridized carbons (Fsp3) is 0.231. The molecule has 1 aromatic carbocycles. The second-order valence-corrected chi connectivity index (χ2v) is 4.06. The summed E-state index contributed by atoms with van der Waals surface area (Å²) in [6.07, 6.45) is 4.27. The molecule has 0 amide bonds. The zero-order chi connectivity index (χ0) is 14.0. The van der Waals surface area contributed by atoms with Gasteiger partial charge in [-0.05, 0) is 18.6 Å². The van der Waals surface area contributed by atoms with Crippen LogP contribution in [-0.2, 0) is 6.42 Å². The molecule has 0 aliphatic rings. The topological polar surface area (TPSA) is 55.1 Å². The minimum absolute atomic E-state index is 0.300. The number of hydrogen-bond donors (Lipinski definition) is 1. The van der Waals surface area contributed by atoms with Gasteiger partial charge in [-0.15, -0.1) is 0 Å². The van der Waals surface area contributed by atoms with Crippen LogP contribution >= 0.6 is 0 Å². The van der Waals surface area contributed by atoms with Crippen molar-refractivity contribution in [2.45, 2.75) is 19.8 Å². The minimum Gasteiger partial charge on any atom is -0.478 e. The SMILES string of the molecule is CCCc1nccn1-c1c(F)cc(C(=O)O)cc1F. The van der Waals surface area contributed by atoms with E-state index in [-0.39, 0.29) is 5.69 Å². The maximum atomic E-state index is 13.9. The van der Waals surface area contributed by atoms with Crippen molar-refractivity contribution in [3.05, 3.63) is 47.5 Å². The van der Waals surface area contributed by atoms with Crippen molar-refractivity contribution in [2.75, 3.05) is 0 Å². The van der Waals surface area contributed by atoms with E-state index in [0.29, 0.717) is 12.2 Å². The van der Waals surface area contributed by atoms with E-state index >= 15 is 0 Å². The summed E-state index contributed by atoms with van der Waals surface area (Å²) in [5, 5.41) is 8.74. The normalized spacial score (nSPS) is 10.7. The molecule has 0 atom stereocenters. The Morgan fingerprint density at radius 2 is 2.00 bits per heavy atom.